The molecule has 24 heavy (non-hydrogen) atoms. The third-order valence-electron chi connectivity index (χ3n) is 3.09. The number of benzene rings is 1. The molecule has 0 radical (unpaired) electrons. The predicted molar refractivity (Wildman–Crippen MR) is 83.8 cm³/mol. The molecule has 2 rings (SSSR count). The zero-order valence-electron chi connectivity index (χ0n) is 13.5. The molecule has 9 heteroatoms. The Morgan fingerprint density at radius 3 is 2.54 bits per heavy atom. The molecular weight excluding hydrogens is 336 g/mol. The van der Waals surface area contributed by atoms with Crippen molar-refractivity contribution in [3.05, 3.63) is 41.8 Å². The van der Waals surface area contributed by atoms with Gasteiger partial charge in [0.05, 0.1) is 17.7 Å². The summed E-state index contributed by atoms with van der Waals surface area (Å²) in [5.74, 6) is 0.191. The van der Waals surface area contributed by atoms with E-state index in [1.807, 2.05) is 0 Å². The Bertz CT molecular complexity index is 798. The van der Waals surface area contributed by atoms with Crippen molar-refractivity contribution in [1.29, 1.82) is 0 Å². The van der Waals surface area contributed by atoms with Gasteiger partial charge in [-0.25, -0.2) is 8.42 Å². The lowest BCUT2D eigenvalue weighted by molar-refractivity contribution is -0.147. The van der Waals surface area contributed by atoms with E-state index in [-0.39, 0.29) is 11.5 Å². The van der Waals surface area contributed by atoms with Gasteiger partial charge in [-0.1, -0.05) is 5.16 Å². The molecule has 1 N–H and O–H groups in total. The first-order valence-electron chi connectivity index (χ1n) is 7.07. The van der Waals surface area contributed by atoms with E-state index in [1.54, 1.807) is 13.0 Å². The van der Waals surface area contributed by atoms with Crippen LogP contribution in [-0.2, 0) is 26.2 Å². The summed E-state index contributed by atoms with van der Waals surface area (Å²) in [5, 5.41) is 3.66. The van der Waals surface area contributed by atoms with Crippen LogP contribution in [0.4, 0.5) is 0 Å². The number of ether oxygens (including phenoxy) is 2. The van der Waals surface area contributed by atoms with Crippen LogP contribution in [0.1, 0.15) is 18.4 Å². The van der Waals surface area contributed by atoms with Crippen molar-refractivity contribution < 1.29 is 27.2 Å². The van der Waals surface area contributed by atoms with Gasteiger partial charge in [0.1, 0.15) is 11.8 Å². The zero-order chi connectivity index (χ0) is 17.7. The van der Waals surface area contributed by atoms with Crippen LogP contribution in [0, 0.1) is 6.92 Å². The number of aromatic nitrogens is 1. The molecule has 0 spiro atoms. The second-order valence-electron chi connectivity index (χ2n) is 5.06. The molecule has 0 saturated carbocycles. The van der Waals surface area contributed by atoms with Crippen LogP contribution in [0.25, 0.3) is 0 Å². The monoisotopic (exact) mass is 354 g/mol. The third kappa shape index (κ3) is 4.56. The largest absolute Gasteiger partial charge is 0.497 e. The molecule has 0 bridgehead atoms. The number of carbonyl (C=O) groups is 1. The smallest absolute Gasteiger partial charge is 0.324 e. The van der Waals surface area contributed by atoms with Crippen molar-refractivity contribution in [1.82, 2.24) is 9.88 Å². The maximum absolute atomic E-state index is 12.2. The molecule has 8 nitrogen and oxygen atoms in total. The number of nitrogens with one attached hydrogen (secondary N) is 1. The Morgan fingerprint density at radius 1 is 1.33 bits per heavy atom. The molecule has 1 aromatic heterocycles. The second-order valence-corrected chi connectivity index (χ2v) is 6.77. The van der Waals surface area contributed by atoms with Crippen molar-refractivity contribution in [3.63, 3.8) is 0 Å². The van der Waals surface area contributed by atoms with Gasteiger partial charge in [-0.15, -0.1) is 0 Å². The van der Waals surface area contributed by atoms with E-state index >= 15 is 0 Å². The van der Waals surface area contributed by atoms with Gasteiger partial charge in [0.15, 0.2) is 12.4 Å². The summed E-state index contributed by atoms with van der Waals surface area (Å²) in [6.07, 6.45) is 0. The first-order valence-corrected chi connectivity index (χ1v) is 8.55. The number of aryl methyl sites for hydroxylation is 1. The maximum atomic E-state index is 12.2. The Labute approximate surface area is 139 Å². The Hall–Kier alpha value is -2.39. The molecule has 0 unspecified atom stereocenters. The number of rotatable bonds is 7. The molecule has 0 amide bonds. The summed E-state index contributed by atoms with van der Waals surface area (Å²) >= 11 is 0. The van der Waals surface area contributed by atoms with E-state index < -0.39 is 22.0 Å². The lowest BCUT2D eigenvalue weighted by atomic mass is 10.3. The van der Waals surface area contributed by atoms with Gasteiger partial charge >= 0.3 is 5.97 Å². The summed E-state index contributed by atoms with van der Waals surface area (Å²) in [4.78, 5) is 11.9. The molecule has 1 atom stereocenters. The number of sulfonamides is 1. The van der Waals surface area contributed by atoms with E-state index in [0.29, 0.717) is 17.2 Å². The first-order chi connectivity index (χ1) is 11.3. The summed E-state index contributed by atoms with van der Waals surface area (Å²) in [6, 6.07) is 6.38. The van der Waals surface area contributed by atoms with Gasteiger partial charge < -0.3 is 14.0 Å². The lowest BCUT2D eigenvalue weighted by Gasteiger charge is -2.13. The fourth-order valence-corrected chi connectivity index (χ4v) is 3.05. The number of esters is 1. The highest BCUT2D eigenvalue weighted by Gasteiger charge is 2.23. The summed E-state index contributed by atoms with van der Waals surface area (Å²) in [5.41, 5.74) is 0.661. The molecule has 0 aliphatic rings. The highest BCUT2D eigenvalue weighted by molar-refractivity contribution is 7.89. The van der Waals surface area contributed by atoms with Crippen LogP contribution in [0.3, 0.4) is 0 Å². The fourth-order valence-electron chi connectivity index (χ4n) is 1.86. The predicted octanol–water partition coefficient (Wildman–Crippen LogP) is 1.40. The summed E-state index contributed by atoms with van der Waals surface area (Å²) in [7, 11) is -2.37. The van der Waals surface area contributed by atoms with Crippen molar-refractivity contribution in [3.8, 4) is 5.75 Å². The number of carbonyl (C=O) groups excluding carboxylic acids is 1. The standard InChI is InChI=1S/C15H18N2O6S/c1-10-8-13(23-16-10)9-22-15(18)11(2)17-24(19,20)14-6-4-12(21-3)5-7-14/h4-8,11,17H,9H2,1-3H3/t11-/m0/s1. The number of hydrogen-bond acceptors (Lipinski definition) is 7. The Morgan fingerprint density at radius 2 is 2.00 bits per heavy atom. The van der Waals surface area contributed by atoms with Crippen LogP contribution >= 0.6 is 0 Å². The van der Waals surface area contributed by atoms with E-state index in [4.69, 9.17) is 14.0 Å². The van der Waals surface area contributed by atoms with E-state index in [1.165, 1.54) is 38.3 Å². The molecule has 0 aliphatic carbocycles. The normalized spacial score (nSPS) is 12.6. The summed E-state index contributed by atoms with van der Waals surface area (Å²) < 4.78 is 41.6. The van der Waals surface area contributed by atoms with Gasteiger partial charge in [-0.3, -0.25) is 4.79 Å². The number of methoxy groups -OCH3 is 1. The van der Waals surface area contributed by atoms with Gasteiger partial charge in [-0.05, 0) is 38.1 Å². The van der Waals surface area contributed by atoms with Crippen molar-refractivity contribution in [2.24, 2.45) is 0 Å². The van der Waals surface area contributed by atoms with Crippen LogP contribution in [0.2, 0.25) is 0 Å². The molecule has 0 saturated heterocycles. The average Bonchev–Trinajstić information content (AvgIpc) is 2.97. The van der Waals surface area contributed by atoms with E-state index in [0.717, 1.165) is 0 Å². The minimum Gasteiger partial charge on any atom is -0.497 e. The lowest BCUT2D eigenvalue weighted by Crippen LogP contribution is -2.39. The third-order valence-corrected chi connectivity index (χ3v) is 4.65. The summed E-state index contributed by atoms with van der Waals surface area (Å²) in [6.45, 7) is 3.02. The van der Waals surface area contributed by atoms with Gasteiger partial charge in [0.2, 0.25) is 10.0 Å². The van der Waals surface area contributed by atoms with Crippen molar-refractivity contribution in [2.45, 2.75) is 31.4 Å². The molecule has 130 valence electrons. The Balaban J connectivity index is 1.95. The quantitative estimate of drug-likeness (QED) is 0.749. The van der Waals surface area contributed by atoms with Crippen LogP contribution in [0.5, 0.6) is 5.75 Å². The maximum Gasteiger partial charge on any atom is 0.324 e. The van der Waals surface area contributed by atoms with Crippen LogP contribution in [0.15, 0.2) is 39.8 Å². The molecular formula is C15H18N2O6S. The minimum atomic E-state index is -3.85. The number of hydrogen-bond donors (Lipinski definition) is 1. The molecule has 0 aliphatic heterocycles. The highest BCUT2D eigenvalue weighted by Crippen LogP contribution is 2.15. The average molecular weight is 354 g/mol. The molecule has 2 aromatic rings. The first kappa shape index (κ1) is 18.0. The van der Waals surface area contributed by atoms with Crippen LogP contribution < -0.4 is 9.46 Å². The van der Waals surface area contributed by atoms with Crippen LogP contribution in [-0.4, -0.2) is 32.7 Å². The Kier molecular flexibility index (Phi) is 5.58. The minimum absolute atomic E-state index is 0.0220. The van der Waals surface area contributed by atoms with Crippen molar-refractivity contribution in [2.75, 3.05) is 7.11 Å². The molecule has 1 heterocycles. The molecule has 0 fully saturated rings. The highest BCUT2D eigenvalue weighted by atomic mass is 32.2. The van der Waals surface area contributed by atoms with Gasteiger partial charge in [-0.2, -0.15) is 4.72 Å². The second kappa shape index (κ2) is 7.45. The van der Waals surface area contributed by atoms with Gasteiger partial charge in [0.25, 0.3) is 0 Å². The molecule has 1 aromatic carbocycles. The SMILES string of the molecule is COc1ccc(S(=O)(=O)N[C@@H](C)C(=O)OCc2cc(C)no2)cc1. The van der Waals surface area contributed by atoms with Crippen molar-refractivity contribution >= 4 is 16.0 Å². The van der Waals surface area contributed by atoms with E-state index in [2.05, 4.69) is 9.88 Å². The van der Waals surface area contributed by atoms with Gasteiger partial charge in [0, 0.05) is 6.07 Å². The van der Waals surface area contributed by atoms with E-state index in [9.17, 15) is 13.2 Å². The topological polar surface area (TPSA) is 108 Å². The zero-order valence-corrected chi connectivity index (χ0v) is 14.3. The fraction of sp³-hybridized carbons (Fsp3) is 0.333. The number of nitrogens with zero attached hydrogens (tertiary/aromatic N) is 1.